The quantitative estimate of drug-likeness (QED) is 0.536. The highest BCUT2D eigenvalue weighted by molar-refractivity contribution is 7.71. The minimum atomic E-state index is -0.0788. The molecule has 0 bridgehead atoms. The van der Waals surface area contributed by atoms with Crippen molar-refractivity contribution >= 4 is 17.9 Å². The van der Waals surface area contributed by atoms with Crippen LogP contribution in [-0.4, -0.2) is 20.3 Å². The fraction of sp³-hybridized carbons (Fsp3) is 0. The summed E-state index contributed by atoms with van der Waals surface area (Å²) in [5, 5.41) is 17.6. The number of aromatic amines is 2. The average molecular weight is 222 g/mol. The summed E-state index contributed by atoms with van der Waals surface area (Å²) >= 11 is 4.78. The zero-order valence-electron chi connectivity index (χ0n) is 7.39. The first-order valence-corrected chi connectivity index (χ1v) is 4.43. The van der Waals surface area contributed by atoms with E-state index in [1.165, 1.54) is 18.2 Å². The van der Waals surface area contributed by atoms with Gasteiger partial charge in [0.2, 0.25) is 4.77 Å². The topological polar surface area (TPSA) is 94.1 Å². The molecule has 0 amide bonds. The molecular weight excluding hydrogens is 216 g/mol. The zero-order chi connectivity index (χ0) is 10.8. The number of nitrogens with one attached hydrogen (secondary N) is 2. The Kier molecular flexibility index (Phi) is 2.30. The van der Waals surface area contributed by atoms with Crippen molar-refractivity contribution in [2.24, 2.45) is 5.18 Å². The van der Waals surface area contributed by atoms with Crippen LogP contribution in [0, 0.1) is 9.68 Å². The van der Waals surface area contributed by atoms with Crippen molar-refractivity contribution in [3.63, 3.8) is 0 Å². The van der Waals surface area contributed by atoms with E-state index in [-0.39, 0.29) is 11.4 Å². The lowest BCUT2D eigenvalue weighted by Crippen LogP contribution is -1.81. The first kappa shape index (κ1) is 9.53. The van der Waals surface area contributed by atoms with Gasteiger partial charge in [0.05, 0.1) is 5.56 Å². The Morgan fingerprint density at radius 2 is 2.20 bits per heavy atom. The largest absolute Gasteiger partial charge is 0.507 e. The molecule has 3 N–H and O–H groups in total. The Labute approximate surface area is 89.0 Å². The highest BCUT2D eigenvalue weighted by Gasteiger charge is 2.08. The minimum Gasteiger partial charge on any atom is -0.507 e. The number of nitrogens with zero attached hydrogens (tertiary/aromatic N) is 2. The summed E-state index contributed by atoms with van der Waals surface area (Å²) in [6, 6.07) is 4.27. The normalized spacial score (nSPS) is 10.1. The number of hydrogen-bond acceptors (Lipinski definition) is 5. The molecule has 6 nitrogen and oxygen atoms in total. The van der Waals surface area contributed by atoms with Crippen LogP contribution < -0.4 is 0 Å². The summed E-state index contributed by atoms with van der Waals surface area (Å²) in [6.07, 6.45) is 0. The second-order valence-corrected chi connectivity index (χ2v) is 3.20. The zero-order valence-corrected chi connectivity index (χ0v) is 8.21. The van der Waals surface area contributed by atoms with Gasteiger partial charge in [-0.3, -0.25) is 10.2 Å². The van der Waals surface area contributed by atoms with E-state index in [1.54, 1.807) is 0 Å². The molecule has 0 spiro atoms. The third-order valence-corrected chi connectivity index (χ3v) is 2.04. The van der Waals surface area contributed by atoms with Crippen LogP contribution in [0.2, 0.25) is 0 Å². The number of nitroso groups, excluding NO2 is 1. The highest BCUT2D eigenvalue weighted by atomic mass is 32.1. The second-order valence-electron chi connectivity index (χ2n) is 2.81. The summed E-state index contributed by atoms with van der Waals surface area (Å²) in [4.78, 5) is 14.1. The Morgan fingerprint density at radius 1 is 1.40 bits per heavy atom. The summed E-state index contributed by atoms with van der Waals surface area (Å²) < 4.78 is 0.294. The maximum absolute atomic E-state index is 10.2. The summed E-state index contributed by atoms with van der Waals surface area (Å²) in [7, 11) is 0. The number of H-pyrrole nitrogens is 2. The van der Waals surface area contributed by atoms with Crippen molar-refractivity contribution < 1.29 is 5.11 Å². The van der Waals surface area contributed by atoms with Crippen LogP contribution in [0.15, 0.2) is 23.4 Å². The monoisotopic (exact) mass is 222 g/mol. The minimum absolute atomic E-state index is 0.0788. The van der Waals surface area contributed by atoms with E-state index in [4.69, 9.17) is 12.2 Å². The van der Waals surface area contributed by atoms with Gasteiger partial charge in [-0.15, -0.1) is 4.91 Å². The summed E-state index contributed by atoms with van der Waals surface area (Å²) in [5.74, 6) is 0.333. The number of aromatic hydroxyl groups is 1. The molecule has 0 fully saturated rings. The molecule has 2 rings (SSSR count). The Bertz CT molecular complexity index is 560. The highest BCUT2D eigenvalue weighted by Crippen LogP contribution is 2.29. The van der Waals surface area contributed by atoms with Gasteiger partial charge in [-0.05, 0) is 29.5 Å². The van der Waals surface area contributed by atoms with E-state index in [1.807, 2.05) is 0 Å². The molecule has 2 aromatic rings. The predicted octanol–water partition coefficient (Wildman–Crippen LogP) is 2.24. The maximum atomic E-state index is 10.2. The van der Waals surface area contributed by atoms with Gasteiger partial charge in [-0.25, -0.2) is 0 Å². The van der Waals surface area contributed by atoms with Crippen LogP contribution in [-0.2, 0) is 0 Å². The number of hydrogen-bond donors (Lipinski definition) is 3. The maximum Gasteiger partial charge on any atom is 0.213 e. The molecule has 0 aliphatic rings. The molecule has 0 aliphatic heterocycles. The number of aromatic nitrogens is 3. The summed E-state index contributed by atoms with van der Waals surface area (Å²) in [6.45, 7) is 0. The van der Waals surface area contributed by atoms with Crippen molar-refractivity contribution in [2.75, 3.05) is 0 Å². The van der Waals surface area contributed by atoms with Crippen LogP contribution >= 0.6 is 12.2 Å². The van der Waals surface area contributed by atoms with Crippen LogP contribution in [0.25, 0.3) is 11.4 Å². The van der Waals surface area contributed by atoms with E-state index in [9.17, 15) is 10.0 Å². The lowest BCUT2D eigenvalue weighted by Gasteiger charge is -1.99. The molecule has 0 saturated heterocycles. The third-order valence-electron chi connectivity index (χ3n) is 1.84. The first-order valence-electron chi connectivity index (χ1n) is 4.02. The third kappa shape index (κ3) is 1.77. The number of phenolic OH excluding ortho intramolecular Hbond substituents is 1. The Morgan fingerprint density at radius 3 is 2.73 bits per heavy atom. The van der Waals surface area contributed by atoms with Gasteiger partial charge in [-0.1, -0.05) is 0 Å². The van der Waals surface area contributed by atoms with Crippen LogP contribution in [0.1, 0.15) is 0 Å². The fourth-order valence-electron chi connectivity index (χ4n) is 1.17. The molecule has 0 atom stereocenters. The van der Waals surface area contributed by atoms with Crippen LogP contribution in [0.3, 0.4) is 0 Å². The average Bonchev–Trinajstić information content (AvgIpc) is 2.64. The van der Waals surface area contributed by atoms with Crippen molar-refractivity contribution in [2.45, 2.75) is 0 Å². The van der Waals surface area contributed by atoms with Crippen LogP contribution in [0.4, 0.5) is 5.69 Å². The van der Waals surface area contributed by atoms with E-state index in [0.29, 0.717) is 16.2 Å². The molecule has 1 heterocycles. The van der Waals surface area contributed by atoms with Gasteiger partial charge in [0, 0.05) is 6.07 Å². The standard InChI is InChI=1S/C8H6N4O2S/c13-6-3-4(12-14)1-2-5(6)7-9-8(15)11-10-7/h1-3,13H,(H2,9,10,11,15). The molecule has 1 aromatic heterocycles. The smallest absolute Gasteiger partial charge is 0.213 e. The lowest BCUT2D eigenvalue weighted by atomic mass is 10.2. The molecule has 1 aromatic carbocycles. The van der Waals surface area contributed by atoms with Gasteiger partial charge < -0.3 is 5.11 Å². The van der Waals surface area contributed by atoms with Crippen molar-refractivity contribution in [1.29, 1.82) is 0 Å². The molecule has 76 valence electrons. The Balaban J connectivity index is 2.54. The van der Waals surface area contributed by atoms with Crippen molar-refractivity contribution in [3.05, 3.63) is 27.9 Å². The number of rotatable bonds is 2. The van der Waals surface area contributed by atoms with Crippen LogP contribution in [0.5, 0.6) is 5.75 Å². The Hall–Kier alpha value is -2.02. The fourth-order valence-corrected chi connectivity index (χ4v) is 1.32. The number of benzene rings is 1. The summed E-state index contributed by atoms with van der Waals surface area (Å²) in [5.41, 5.74) is 0.611. The van der Waals surface area contributed by atoms with E-state index in [0.717, 1.165) is 0 Å². The molecular formula is C8H6N4O2S. The molecule has 0 radical (unpaired) electrons. The van der Waals surface area contributed by atoms with Gasteiger partial charge in [0.15, 0.2) is 5.82 Å². The van der Waals surface area contributed by atoms with Gasteiger partial charge >= 0.3 is 0 Å². The van der Waals surface area contributed by atoms with E-state index in [2.05, 4.69) is 20.4 Å². The molecule has 7 heteroatoms. The van der Waals surface area contributed by atoms with Gasteiger partial charge in [0.1, 0.15) is 11.4 Å². The second kappa shape index (κ2) is 3.62. The molecule has 0 unspecified atom stereocenters. The lowest BCUT2D eigenvalue weighted by molar-refractivity contribution is 0.477. The first-order chi connectivity index (χ1) is 7.20. The van der Waals surface area contributed by atoms with E-state index < -0.39 is 0 Å². The van der Waals surface area contributed by atoms with E-state index >= 15 is 0 Å². The van der Waals surface area contributed by atoms with Crippen molar-refractivity contribution in [3.8, 4) is 17.1 Å². The molecule has 15 heavy (non-hydrogen) atoms. The number of phenols is 1. The SMILES string of the molecule is O=Nc1ccc(-c2nc(=S)[nH][nH]2)c(O)c1. The molecule has 0 aliphatic carbocycles. The molecule has 0 saturated carbocycles. The predicted molar refractivity (Wildman–Crippen MR) is 56.3 cm³/mol. The van der Waals surface area contributed by atoms with Gasteiger partial charge in [0.25, 0.3) is 0 Å². The van der Waals surface area contributed by atoms with Gasteiger partial charge in [-0.2, -0.15) is 4.98 Å². The van der Waals surface area contributed by atoms with Crippen molar-refractivity contribution in [1.82, 2.24) is 15.2 Å².